The molecule has 0 aliphatic rings. The highest BCUT2D eigenvalue weighted by molar-refractivity contribution is 5.95. The van der Waals surface area contributed by atoms with Gasteiger partial charge in [0.2, 0.25) is 17.7 Å². The standard InChI is InChI=1S/C18H30N4O10/c1-7(2)13(18(31)32)21-16(29)10(4-5-11(24)25)20-17(30)14(8(3)23)22-15(28)9(19)6-12(26)27/h7-10,13-14,23H,4-6,19H2,1-3H3,(H,20,30)(H,21,29)(H,22,28)(H,24,25)(H,26,27)(H,31,32). The van der Waals surface area contributed by atoms with Gasteiger partial charge in [0.1, 0.15) is 18.1 Å². The van der Waals surface area contributed by atoms with Gasteiger partial charge in [-0.25, -0.2) is 4.79 Å². The summed E-state index contributed by atoms with van der Waals surface area (Å²) in [5.74, 6) is -7.61. The van der Waals surface area contributed by atoms with E-state index in [9.17, 15) is 39.0 Å². The van der Waals surface area contributed by atoms with E-state index in [2.05, 4.69) is 16.0 Å². The van der Waals surface area contributed by atoms with Crippen LogP contribution in [0.1, 0.15) is 40.0 Å². The van der Waals surface area contributed by atoms with E-state index in [1.165, 1.54) is 13.8 Å². The number of carbonyl (C=O) groups is 6. The average Bonchev–Trinajstić information content (AvgIpc) is 2.65. The Morgan fingerprint density at radius 1 is 0.781 bits per heavy atom. The predicted octanol–water partition coefficient (Wildman–Crippen LogP) is -2.77. The minimum Gasteiger partial charge on any atom is -0.481 e. The zero-order valence-corrected chi connectivity index (χ0v) is 17.9. The van der Waals surface area contributed by atoms with E-state index in [-0.39, 0.29) is 0 Å². The average molecular weight is 462 g/mol. The second-order valence-electron chi connectivity index (χ2n) is 7.49. The number of rotatable bonds is 14. The number of carboxylic acid groups (broad SMARTS) is 3. The van der Waals surface area contributed by atoms with Gasteiger partial charge in [-0.05, 0) is 19.3 Å². The molecule has 0 aromatic heterocycles. The van der Waals surface area contributed by atoms with Crippen molar-refractivity contribution < 1.29 is 49.2 Å². The molecule has 0 saturated heterocycles. The molecule has 9 N–H and O–H groups in total. The zero-order valence-electron chi connectivity index (χ0n) is 17.9. The van der Waals surface area contributed by atoms with Crippen LogP contribution in [-0.4, -0.2) is 86.3 Å². The largest absolute Gasteiger partial charge is 0.481 e. The van der Waals surface area contributed by atoms with Gasteiger partial charge in [0, 0.05) is 6.42 Å². The molecule has 0 bridgehead atoms. The normalized spacial score (nSPS) is 15.6. The second kappa shape index (κ2) is 13.2. The SMILES string of the molecule is CC(C)C(NC(=O)C(CCC(=O)O)NC(=O)C(NC(=O)C(N)CC(=O)O)C(C)O)C(=O)O. The lowest BCUT2D eigenvalue weighted by molar-refractivity contribution is -0.144. The fourth-order valence-electron chi connectivity index (χ4n) is 2.51. The van der Waals surface area contributed by atoms with Gasteiger partial charge < -0.3 is 42.1 Å². The van der Waals surface area contributed by atoms with Crippen LogP contribution >= 0.6 is 0 Å². The number of hydrogen-bond acceptors (Lipinski definition) is 8. The van der Waals surface area contributed by atoms with Crippen molar-refractivity contribution in [3.05, 3.63) is 0 Å². The number of aliphatic hydroxyl groups is 1. The molecule has 0 heterocycles. The molecular formula is C18H30N4O10. The van der Waals surface area contributed by atoms with Crippen molar-refractivity contribution in [2.24, 2.45) is 11.7 Å². The minimum absolute atomic E-state index is 0.406. The van der Waals surface area contributed by atoms with Gasteiger partial charge in [0.25, 0.3) is 0 Å². The fourth-order valence-corrected chi connectivity index (χ4v) is 2.51. The van der Waals surface area contributed by atoms with Crippen LogP contribution in [0.4, 0.5) is 0 Å². The van der Waals surface area contributed by atoms with Crippen LogP contribution in [0.3, 0.4) is 0 Å². The molecule has 5 unspecified atom stereocenters. The maximum Gasteiger partial charge on any atom is 0.326 e. The van der Waals surface area contributed by atoms with Gasteiger partial charge >= 0.3 is 17.9 Å². The first kappa shape index (κ1) is 28.7. The van der Waals surface area contributed by atoms with E-state index in [0.29, 0.717) is 0 Å². The van der Waals surface area contributed by atoms with E-state index in [4.69, 9.17) is 15.9 Å². The Labute approximate surface area is 183 Å². The van der Waals surface area contributed by atoms with Gasteiger partial charge in [-0.1, -0.05) is 13.8 Å². The van der Waals surface area contributed by atoms with Gasteiger partial charge in [0.05, 0.1) is 18.6 Å². The monoisotopic (exact) mass is 462 g/mol. The second-order valence-corrected chi connectivity index (χ2v) is 7.49. The number of aliphatic carboxylic acids is 3. The molecule has 0 aliphatic carbocycles. The summed E-state index contributed by atoms with van der Waals surface area (Å²) >= 11 is 0. The Morgan fingerprint density at radius 3 is 1.72 bits per heavy atom. The predicted molar refractivity (Wildman–Crippen MR) is 107 cm³/mol. The molecule has 0 spiro atoms. The van der Waals surface area contributed by atoms with Gasteiger partial charge in [-0.15, -0.1) is 0 Å². The number of carboxylic acids is 3. The van der Waals surface area contributed by atoms with Crippen molar-refractivity contribution in [3.63, 3.8) is 0 Å². The third-order valence-corrected chi connectivity index (χ3v) is 4.30. The highest BCUT2D eigenvalue weighted by Gasteiger charge is 2.33. The Bertz CT molecular complexity index is 725. The number of carbonyl (C=O) groups excluding carboxylic acids is 3. The summed E-state index contributed by atoms with van der Waals surface area (Å²) in [5, 5.41) is 43.1. The minimum atomic E-state index is -1.65. The van der Waals surface area contributed by atoms with Crippen LogP contribution in [0.5, 0.6) is 0 Å². The number of amides is 3. The van der Waals surface area contributed by atoms with Crippen LogP contribution < -0.4 is 21.7 Å². The quantitative estimate of drug-likeness (QED) is 0.131. The van der Waals surface area contributed by atoms with Crippen LogP contribution in [-0.2, 0) is 28.8 Å². The molecule has 3 amide bonds. The highest BCUT2D eigenvalue weighted by Crippen LogP contribution is 2.06. The molecule has 5 atom stereocenters. The third kappa shape index (κ3) is 10.2. The number of nitrogens with one attached hydrogen (secondary N) is 3. The molecule has 0 aliphatic heterocycles. The molecule has 0 radical (unpaired) electrons. The van der Waals surface area contributed by atoms with Crippen LogP contribution in [0, 0.1) is 5.92 Å². The summed E-state index contributed by atoms with van der Waals surface area (Å²) in [4.78, 5) is 70.0. The van der Waals surface area contributed by atoms with Crippen molar-refractivity contribution in [1.82, 2.24) is 16.0 Å². The third-order valence-electron chi connectivity index (χ3n) is 4.30. The highest BCUT2D eigenvalue weighted by atomic mass is 16.4. The Balaban J connectivity index is 5.50. The van der Waals surface area contributed by atoms with E-state index >= 15 is 0 Å². The molecule has 0 aromatic carbocycles. The maximum atomic E-state index is 12.6. The molecule has 14 nitrogen and oxygen atoms in total. The summed E-state index contributed by atoms with van der Waals surface area (Å²) in [6.07, 6.45) is -3.19. The summed E-state index contributed by atoms with van der Waals surface area (Å²) in [5.41, 5.74) is 5.42. The Morgan fingerprint density at radius 2 is 1.31 bits per heavy atom. The molecule has 0 rings (SSSR count). The molecule has 182 valence electrons. The van der Waals surface area contributed by atoms with Gasteiger partial charge in [0.15, 0.2) is 0 Å². The molecule has 0 fully saturated rings. The summed E-state index contributed by atoms with van der Waals surface area (Å²) < 4.78 is 0. The first-order valence-corrected chi connectivity index (χ1v) is 9.68. The first-order chi connectivity index (χ1) is 14.7. The van der Waals surface area contributed by atoms with Crippen molar-refractivity contribution in [2.75, 3.05) is 0 Å². The van der Waals surface area contributed by atoms with E-state index in [1.807, 2.05) is 0 Å². The molecular weight excluding hydrogens is 432 g/mol. The first-order valence-electron chi connectivity index (χ1n) is 9.68. The Hall–Kier alpha value is -3.26. The van der Waals surface area contributed by atoms with Gasteiger partial charge in [-0.3, -0.25) is 24.0 Å². The topological polar surface area (TPSA) is 245 Å². The number of nitrogens with two attached hydrogens (primary N) is 1. The van der Waals surface area contributed by atoms with Crippen molar-refractivity contribution in [3.8, 4) is 0 Å². The van der Waals surface area contributed by atoms with Gasteiger partial charge in [-0.2, -0.15) is 0 Å². The molecule has 0 saturated carbocycles. The number of aliphatic hydroxyl groups excluding tert-OH is 1. The zero-order chi connectivity index (χ0) is 25.2. The van der Waals surface area contributed by atoms with Crippen LogP contribution in [0.25, 0.3) is 0 Å². The molecule has 32 heavy (non-hydrogen) atoms. The maximum absolute atomic E-state index is 12.6. The van der Waals surface area contributed by atoms with Crippen molar-refractivity contribution >= 4 is 35.6 Å². The van der Waals surface area contributed by atoms with Crippen molar-refractivity contribution in [2.45, 2.75) is 70.3 Å². The van der Waals surface area contributed by atoms with Crippen molar-refractivity contribution in [1.29, 1.82) is 0 Å². The number of hydrogen-bond donors (Lipinski definition) is 8. The lowest BCUT2D eigenvalue weighted by Gasteiger charge is -2.26. The van der Waals surface area contributed by atoms with Crippen LogP contribution in [0.2, 0.25) is 0 Å². The summed E-state index contributed by atoms with van der Waals surface area (Å²) in [6, 6.07) is -5.98. The van der Waals surface area contributed by atoms with E-state index in [0.717, 1.165) is 6.92 Å². The van der Waals surface area contributed by atoms with Crippen LogP contribution in [0.15, 0.2) is 0 Å². The lowest BCUT2D eigenvalue weighted by atomic mass is 10.0. The van der Waals surface area contributed by atoms with E-state index < -0.39 is 91.1 Å². The van der Waals surface area contributed by atoms with E-state index in [1.54, 1.807) is 0 Å². The smallest absolute Gasteiger partial charge is 0.326 e. The summed E-state index contributed by atoms with van der Waals surface area (Å²) in [7, 11) is 0. The fraction of sp³-hybridized carbons (Fsp3) is 0.667. The Kier molecular flexibility index (Phi) is 11.9. The molecule has 14 heteroatoms. The molecule has 0 aromatic rings. The summed E-state index contributed by atoms with van der Waals surface area (Å²) in [6.45, 7) is 4.20. The lowest BCUT2D eigenvalue weighted by Crippen LogP contribution is -2.60.